The van der Waals surface area contributed by atoms with Crippen LogP contribution in [0.4, 0.5) is 0 Å². The SMILES string of the molecule is CCOc1cc(/C=C2/C(=O)N(CCOC(C)=O)C(=O)C(C#N)=C2C)ccc1OCc1ccc(Cl)cc1. The Morgan fingerprint density at radius 1 is 1.08 bits per heavy atom. The number of esters is 1. The Morgan fingerprint density at radius 2 is 1.81 bits per heavy atom. The average molecular weight is 509 g/mol. The van der Waals surface area contributed by atoms with Crippen molar-refractivity contribution < 1.29 is 28.6 Å². The molecule has 1 heterocycles. The van der Waals surface area contributed by atoms with Crippen LogP contribution in [-0.2, 0) is 25.7 Å². The van der Waals surface area contributed by atoms with Gasteiger partial charge in [0.05, 0.1) is 13.2 Å². The summed E-state index contributed by atoms with van der Waals surface area (Å²) >= 11 is 5.93. The van der Waals surface area contributed by atoms with Crippen molar-refractivity contribution in [1.82, 2.24) is 4.90 Å². The smallest absolute Gasteiger partial charge is 0.302 e. The molecule has 0 radical (unpaired) electrons. The molecule has 0 aromatic heterocycles. The Kier molecular flexibility index (Phi) is 8.87. The maximum atomic E-state index is 13.1. The van der Waals surface area contributed by atoms with Crippen LogP contribution < -0.4 is 9.47 Å². The molecule has 8 nitrogen and oxygen atoms in total. The topological polar surface area (TPSA) is 106 Å². The van der Waals surface area contributed by atoms with Gasteiger partial charge in [-0.05, 0) is 60.9 Å². The van der Waals surface area contributed by atoms with E-state index in [0.29, 0.717) is 35.3 Å². The van der Waals surface area contributed by atoms with E-state index in [1.54, 1.807) is 43.3 Å². The Balaban J connectivity index is 1.90. The van der Waals surface area contributed by atoms with E-state index in [2.05, 4.69) is 0 Å². The Hall–Kier alpha value is -4.09. The van der Waals surface area contributed by atoms with Crippen LogP contribution >= 0.6 is 11.6 Å². The van der Waals surface area contributed by atoms with Gasteiger partial charge in [0.15, 0.2) is 11.5 Å². The number of benzene rings is 2. The second-order valence-corrected chi connectivity index (χ2v) is 8.26. The van der Waals surface area contributed by atoms with Gasteiger partial charge in [-0.3, -0.25) is 19.3 Å². The first-order chi connectivity index (χ1) is 17.2. The number of rotatable bonds is 9. The normalized spacial score (nSPS) is 14.6. The van der Waals surface area contributed by atoms with Gasteiger partial charge in [-0.15, -0.1) is 0 Å². The number of halogens is 1. The van der Waals surface area contributed by atoms with Gasteiger partial charge in [-0.1, -0.05) is 29.8 Å². The van der Waals surface area contributed by atoms with Gasteiger partial charge in [0.2, 0.25) is 0 Å². The van der Waals surface area contributed by atoms with Crippen LogP contribution in [0.2, 0.25) is 5.02 Å². The van der Waals surface area contributed by atoms with Crippen molar-refractivity contribution in [2.75, 3.05) is 19.8 Å². The quantitative estimate of drug-likeness (QED) is 0.279. The molecule has 3 rings (SSSR count). The fraction of sp³-hybridized carbons (Fsp3) is 0.259. The zero-order chi connectivity index (χ0) is 26.2. The van der Waals surface area contributed by atoms with E-state index < -0.39 is 17.8 Å². The van der Waals surface area contributed by atoms with E-state index in [9.17, 15) is 19.6 Å². The van der Waals surface area contributed by atoms with Gasteiger partial charge in [0.1, 0.15) is 24.9 Å². The molecule has 2 aromatic carbocycles. The number of carbonyl (C=O) groups excluding carboxylic acids is 3. The maximum absolute atomic E-state index is 13.1. The molecule has 0 spiro atoms. The van der Waals surface area contributed by atoms with Crippen molar-refractivity contribution >= 4 is 35.5 Å². The lowest BCUT2D eigenvalue weighted by Crippen LogP contribution is -2.44. The molecule has 0 bridgehead atoms. The molecule has 0 saturated carbocycles. The zero-order valence-electron chi connectivity index (χ0n) is 20.2. The highest BCUT2D eigenvalue weighted by Crippen LogP contribution is 2.32. The van der Waals surface area contributed by atoms with Gasteiger partial charge in [0, 0.05) is 17.5 Å². The zero-order valence-corrected chi connectivity index (χ0v) is 20.9. The number of ether oxygens (including phenoxy) is 3. The van der Waals surface area contributed by atoms with Crippen LogP contribution in [0.3, 0.4) is 0 Å². The largest absolute Gasteiger partial charge is 0.490 e. The van der Waals surface area contributed by atoms with E-state index in [4.69, 9.17) is 25.8 Å². The highest BCUT2D eigenvalue weighted by molar-refractivity contribution is 6.30. The minimum atomic E-state index is -0.717. The summed E-state index contributed by atoms with van der Waals surface area (Å²) in [5.41, 5.74) is 1.87. The Bertz CT molecular complexity index is 1270. The van der Waals surface area contributed by atoms with Crippen molar-refractivity contribution in [3.05, 3.63) is 75.3 Å². The average Bonchev–Trinajstić information content (AvgIpc) is 2.85. The molecule has 0 unspecified atom stereocenters. The van der Waals surface area contributed by atoms with Gasteiger partial charge < -0.3 is 14.2 Å². The molecule has 0 saturated heterocycles. The Morgan fingerprint density at radius 3 is 2.44 bits per heavy atom. The lowest BCUT2D eigenvalue weighted by atomic mass is 9.93. The molecule has 186 valence electrons. The number of hydrogen-bond donors (Lipinski definition) is 0. The van der Waals surface area contributed by atoms with Crippen LogP contribution in [0.1, 0.15) is 31.9 Å². The summed E-state index contributed by atoms with van der Waals surface area (Å²) < 4.78 is 16.5. The molecular formula is C27H25ClN2O6. The van der Waals surface area contributed by atoms with E-state index in [0.717, 1.165) is 10.5 Å². The number of hydrogen-bond acceptors (Lipinski definition) is 7. The van der Waals surface area contributed by atoms with E-state index in [1.165, 1.54) is 6.92 Å². The fourth-order valence-corrected chi connectivity index (χ4v) is 3.65. The molecule has 2 amide bonds. The van der Waals surface area contributed by atoms with Crippen molar-refractivity contribution in [3.63, 3.8) is 0 Å². The minimum Gasteiger partial charge on any atom is -0.490 e. The highest BCUT2D eigenvalue weighted by atomic mass is 35.5. The lowest BCUT2D eigenvalue weighted by molar-refractivity contribution is -0.147. The molecule has 0 atom stereocenters. The third-order valence-corrected chi connectivity index (χ3v) is 5.58. The first kappa shape index (κ1) is 26.5. The third kappa shape index (κ3) is 6.32. The summed E-state index contributed by atoms with van der Waals surface area (Å²) in [4.78, 5) is 37.8. The van der Waals surface area contributed by atoms with Crippen molar-refractivity contribution in [1.29, 1.82) is 5.26 Å². The molecule has 0 N–H and O–H groups in total. The predicted octanol–water partition coefficient (Wildman–Crippen LogP) is 4.47. The minimum absolute atomic E-state index is 0.142. The number of nitrogens with zero attached hydrogens (tertiary/aromatic N) is 2. The summed E-state index contributed by atoms with van der Waals surface area (Å²) in [6.45, 7) is 5.01. The summed E-state index contributed by atoms with van der Waals surface area (Å²) in [7, 11) is 0. The molecule has 0 fully saturated rings. The second-order valence-electron chi connectivity index (χ2n) is 7.83. The summed E-state index contributed by atoms with van der Waals surface area (Å²) in [6.07, 6.45) is 1.59. The van der Waals surface area contributed by atoms with Gasteiger partial charge in [-0.2, -0.15) is 5.26 Å². The van der Waals surface area contributed by atoms with Crippen molar-refractivity contribution in [2.45, 2.75) is 27.4 Å². The predicted molar refractivity (Wildman–Crippen MR) is 133 cm³/mol. The monoisotopic (exact) mass is 508 g/mol. The number of imide groups is 1. The number of nitriles is 1. The molecule has 1 aliphatic heterocycles. The second kappa shape index (κ2) is 12.0. The molecule has 1 aliphatic rings. The third-order valence-electron chi connectivity index (χ3n) is 5.33. The fourth-order valence-electron chi connectivity index (χ4n) is 3.52. The maximum Gasteiger partial charge on any atom is 0.302 e. The van der Waals surface area contributed by atoms with Crippen LogP contribution in [-0.4, -0.2) is 42.4 Å². The molecule has 0 aliphatic carbocycles. The van der Waals surface area contributed by atoms with E-state index in [1.807, 2.05) is 25.1 Å². The number of carbonyl (C=O) groups is 3. The van der Waals surface area contributed by atoms with Gasteiger partial charge in [-0.25, -0.2) is 0 Å². The Labute approximate surface area is 214 Å². The van der Waals surface area contributed by atoms with Crippen LogP contribution in [0, 0.1) is 11.3 Å². The molecular weight excluding hydrogens is 484 g/mol. The van der Waals surface area contributed by atoms with Crippen molar-refractivity contribution in [3.8, 4) is 17.6 Å². The lowest BCUT2D eigenvalue weighted by Gasteiger charge is -2.27. The summed E-state index contributed by atoms with van der Waals surface area (Å²) in [6, 6.07) is 14.4. The highest BCUT2D eigenvalue weighted by Gasteiger charge is 2.35. The molecule has 9 heteroatoms. The van der Waals surface area contributed by atoms with Gasteiger partial charge >= 0.3 is 5.97 Å². The standard InChI is InChI=1S/C27H25ClN2O6/c1-4-34-25-14-20(7-10-24(25)36-16-19-5-8-21(28)9-6-19)13-22-17(2)23(15-29)27(33)30(26(22)32)11-12-35-18(3)31/h5-10,13-14H,4,11-12,16H2,1-3H3/b22-13+. The molecule has 36 heavy (non-hydrogen) atoms. The first-order valence-electron chi connectivity index (χ1n) is 11.2. The van der Waals surface area contributed by atoms with Crippen LogP contribution in [0.25, 0.3) is 6.08 Å². The van der Waals surface area contributed by atoms with Crippen LogP contribution in [0.15, 0.2) is 59.2 Å². The van der Waals surface area contributed by atoms with Crippen LogP contribution in [0.5, 0.6) is 11.5 Å². The summed E-state index contributed by atoms with van der Waals surface area (Å²) in [5.74, 6) is -0.826. The number of amides is 2. The molecule has 2 aromatic rings. The van der Waals surface area contributed by atoms with E-state index >= 15 is 0 Å². The van der Waals surface area contributed by atoms with E-state index in [-0.39, 0.29) is 29.9 Å². The van der Waals surface area contributed by atoms with Gasteiger partial charge in [0.25, 0.3) is 11.8 Å². The first-order valence-corrected chi connectivity index (χ1v) is 11.6. The van der Waals surface area contributed by atoms with Crippen molar-refractivity contribution in [2.24, 2.45) is 0 Å². The summed E-state index contributed by atoms with van der Waals surface area (Å²) in [5, 5.41) is 10.2.